The minimum Gasteiger partial charge on any atom is -0.452 e. The molecule has 9 heteroatoms. The molecule has 1 aliphatic carbocycles. The highest BCUT2D eigenvalue weighted by Gasteiger charge is 2.24. The first-order valence-corrected chi connectivity index (χ1v) is 10.3. The molecule has 0 saturated heterocycles. The molecule has 1 amide bonds. The Morgan fingerprint density at radius 1 is 1.27 bits per heavy atom. The van der Waals surface area contributed by atoms with E-state index in [1.165, 1.54) is 19.2 Å². The van der Waals surface area contributed by atoms with Crippen LogP contribution in [0.1, 0.15) is 43.0 Å². The Kier molecular flexibility index (Phi) is 7.02. The van der Waals surface area contributed by atoms with Crippen LogP contribution in [0.5, 0.6) is 0 Å². The van der Waals surface area contributed by atoms with Crippen molar-refractivity contribution < 1.29 is 22.7 Å². The number of hydrogen-bond acceptors (Lipinski definition) is 5. The van der Waals surface area contributed by atoms with Gasteiger partial charge in [-0.05, 0) is 44.0 Å². The van der Waals surface area contributed by atoms with Crippen molar-refractivity contribution in [1.29, 1.82) is 0 Å². The molecule has 0 aliphatic heterocycles. The lowest BCUT2D eigenvalue weighted by atomic mass is 9.86. The average molecular weight is 403 g/mol. The predicted octanol–water partition coefficient (Wildman–Crippen LogP) is 2.10. The first-order chi connectivity index (χ1) is 12.2. The smallest absolute Gasteiger partial charge is 0.340 e. The average Bonchev–Trinajstić information content (AvgIpc) is 2.62. The van der Waals surface area contributed by atoms with Crippen LogP contribution in [0, 0.1) is 5.92 Å². The lowest BCUT2D eigenvalue weighted by molar-refractivity contribution is -0.125. The molecule has 0 heterocycles. The Hall–Kier alpha value is -1.64. The highest BCUT2D eigenvalue weighted by Crippen LogP contribution is 2.24. The molecule has 26 heavy (non-hydrogen) atoms. The van der Waals surface area contributed by atoms with Crippen LogP contribution in [0.2, 0.25) is 5.02 Å². The van der Waals surface area contributed by atoms with E-state index in [0.717, 1.165) is 31.7 Å². The van der Waals surface area contributed by atoms with Gasteiger partial charge in [-0.15, -0.1) is 0 Å². The summed E-state index contributed by atoms with van der Waals surface area (Å²) in [4.78, 5) is 24.1. The fraction of sp³-hybridized carbons (Fsp3) is 0.529. The Balaban J connectivity index is 1.99. The van der Waals surface area contributed by atoms with Crippen molar-refractivity contribution in [2.75, 3.05) is 13.7 Å². The molecule has 1 aliphatic rings. The Morgan fingerprint density at radius 3 is 2.62 bits per heavy atom. The third-order valence-corrected chi connectivity index (χ3v) is 6.27. The summed E-state index contributed by atoms with van der Waals surface area (Å²) in [5.74, 6) is -0.844. The molecular formula is C17H23ClN2O5S. The van der Waals surface area contributed by atoms with Crippen molar-refractivity contribution in [3.63, 3.8) is 0 Å². The summed E-state index contributed by atoms with van der Waals surface area (Å²) in [5.41, 5.74) is -0.109. The number of rotatable bonds is 6. The van der Waals surface area contributed by atoms with E-state index in [1.807, 2.05) is 0 Å². The molecule has 1 saturated carbocycles. The van der Waals surface area contributed by atoms with E-state index in [-0.39, 0.29) is 27.4 Å². The Bertz CT molecular complexity index is 781. The molecule has 1 fully saturated rings. The van der Waals surface area contributed by atoms with Gasteiger partial charge in [-0.2, -0.15) is 0 Å². The predicted molar refractivity (Wildman–Crippen MR) is 97.5 cm³/mol. The minimum absolute atomic E-state index is 0.0476. The number of halogens is 1. The molecule has 2 rings (SSSR count). The van der Waals surface area contributed by atoms with Gasteiger partial charge in [0.2, 0.25) is 10.0 Å². The van der Waals surface area contributed by atoms with E-state index >= 15 is 0 Å². The lowest BCUT2D eigenvalue weighted by Gasteiger charge is -2.29. The maximum atomic E-state index is 12.2. The second-order valence-electron chi connectivity index (χ2n) is 6.36. The molecule has 0 bridgehead atoms. The normalized spacial score (nSPS) is 20.4. The molecule has 2 atom stereocenters. The van der Waals surface area contributed by atoms with Gasteiger partial charge in [0, 0.05) is 6.04 Å². The zero-order valence-corrected chi connectivity index (χ0v) is 16.3. The first kappa shape index (κ1) is 20.7. The van der Waals surface area contributed by atoms with E-state index in [4.69, 9.17) is 16.3 Å². The van der Waals surface area contributed by atoms with Gasteiger partial charge >= 0.3 is 5.97 Å². The van der Waals surface area contributed by atoms with Gasteiger partial charge in [-0.25, -0.2) is 17.9 Å². The highest BCUT2D eigenvalue weighted by molar-refractivity contribution is 7.89. The number of amides is 1. The number of ether oxygens (including phenoxy) is 1. The summed E-state index contributed by atoms with van der Waals surface area (Å²) < 4.78 is 30.8. The number of carbonyl (C=O) groups excluding carboxylic acids is 2. The SMILES string of the molecule is CNS(=O)(=O)c1ccc(Cl)c(C(=O)OCC(=O)N[C@@H]2CCCC[C@H]2C)c1. The Labute approximate surface area is 158 Å². The van der Waals surface area contributed by atoms with Crippen LogP contribution in [0.15, 0.2) is 23.1 Å². The van der Waals surface area contributed by atoms with Gasteiger partial charge in [0.25, 0.3) is 5.91 Å². The number of nitrogens with one attached hydrogen (secondary N) is 2. The summed E-state index contributed by atoms with van der Waals surface area (Å²) in [5, 5.41) is 2.93. The number of benzene rings is 1. The molecule has 7 nitrogen and oxygen atoms in total. The largest absolute Gasteiger partial charge is 0.452 e. The lowest BCUT2D eigenvalue weighted by Crippen LogP contribution is -2.42. The van der Waals surface area contributed by atoms with E-state index in [1.54, 1.807) is 0 Å². The summed E-state index contributed by atoms with van der Waals surface area (Å²) in [6, 6.07) is 3.79. The first-order valence-electron chi connectivity index (χ1n) is 8.44. The molecule has 0 aromatic heterocycles. The van der Waals surface area contributed by atoms with E-state index in [0.29, 0.717) is 5.92 Å². The van der Waals surface area contributed by atoms with Gasteiger partial charge in [-0.3, -0.25) is 4.79 Å². The van der Waals surface area contributed by atoms with Gasteiger partial charge in [0.1, 0.15) is 0 Å². The third kappa shape index (κ3) is 5.18. The standard InChI is InChI=1S/C17H23ClN2O5S/c1-11-5-3-4-6-15(11)20-16(21)10-25-17(22)13-9-12(7-8-14(13)18)26(23,24)19-2/h7-9,11,15,19H,3-6,10H2,1-2H3,(H,20,21)/t11-,15-/m1/s1. The van der Waals surface area contributed by atoms with Crippen molar-refractivity contribution in [3.05, 3.63) is 28.8 Å². The fourth-order valence-electron chi connectivity index (χ4n) is 2.93. The van der Waals surface area contributed by atoms with Crippen LogP contribution in [-0.2, 0) is 19.6 Å². The molecule has 0 spiro atoms. The van der Waals surface area contributed by atoms with Crippen LogP contribution in [0.25, 0.3) is 0 Å². The molecule has 144 valence electrons. The molecule has 0 radical (unpaired) electrons. The molecule has 1 aromatic carbocycles. The van der Waals surface area contributed by atoms with E-state index in [2.05, 4.69) is 17.0 Å². The van der Waals surface area contributed by atoms with Crippen LogP contribution >= 0.6 is 11.6 Å². The van der Waals surface area contributed by atoms with Crippen molar-refractivity contribution in [3.8, 4) is 0 Å². The van der Waals surface area contributed by atoms with E-state index < -0.39 is 22.6 Å². The quantitative estimate of drug-likeness (QED) is 0.709. The maximum Gasteiger partial charge on any atom is 0.340 e. The van der Waals surface area contributed by atoms with Crippen molar-refractivity contribution >= 4 is 33.5 Å². The van der Waals surface area contributed by atoms with Crippen LogP contribution in [-0.4, -0.2) is 40.0 Å². The number of sulfonamides is 1. The number of esters is 1. The topological polar surface area (TPSA) is 102 Å². The van der Waals surface area contributed by atoms with Crippen molar-refractivity contribution in [2.24, 2.45) is 5.92 Å². The van der Waals surface area contributed by atoms with Crippen molar-refractivity contribution in [2.45, 2.75) is 43.5 Å². The maximum absolute atomic E-state index is 12.2. The zero-order valence-electron chi connectivity index (χ0n) is 14.7. The highest BCUT2D eigenvalue weighted by atomic mass is 35.5. The summed E-state index contributed by atoms with van der Waals surface area (Å²) in [6.07, 6.45) is 4.20. The van der Waals surface area contributed by atoms with Gasteiger partial charge < -0.3 is 10.1 Å². The minimum atomic E-state index is -3.72. The zero-order chi connectivity index (χ0) is 19.3. The summed E-state index contributed by atoms with van der Waals surface area (Å²) in [6.45, 7) is 1.64. The second kappa shape index (κ2) is 8.83. The summed E-state index contributed by atoms with van der Waals surface area (Å²) in [7, 11) is -2.46. The number of carbonyl (C=O) groups is 2. The summed E-state index contributed by atoms with van der Waals surface area (Å²) >= 11 is 5.96. The molecule has 2 N–H and O–H groups in total. The fourth-order valence-corrected chi connectivity index (χ4v) is 3.88. The molecule has 1 aromatic rings. The van der Waals surface area contributed by atoms with Gasteiger partial charge in [0.15, 0.2) is 6.61 Å². The Morgan fingerprint density at radius 2 is 1.96 bits per heavy atom. The van der Waals surface area contributed by atoms with Crippen LogP contribution in [0.4, 0.5) is 0 Å². The monoisotopic (exact) mass is 402 g/mol. The van der Waals surface area contributed by atoms with E-state index in [9.17, 15) is 18.0 Å². The molecule has 0 unspecified atom stereocenters. The van der Waals surface area contributed by atoms with Crippen LogP contribution in [0.3, 0.4) is 0 Å². The molecular weight excluding hydrogens is 380 g/mol. The third-order valence-electron chi connectivity index (χ3n) is 4.53. The van der Waals surface area contributed by atoms with Crippen molar-refractivity contribution in [1.82, 2.24) is 10.0 Å². The van der Waals surface area contributed by atoms with Gasteiger partial charge in [-0.1, -0.05) is 31.4 Å². The van der Waals surface area contributed by atoms with Gasteiger partial charge in [0.05, 0.1) is 15.5 Å². The number of hydrogen-bond donors (Lipinski definition) is 2. The second-order valence-corrected chi connectivity index (χ2v) is 8.65. The van der Waals surface area contributed by atoms with Crippen LogP contribution < -0.4 is 10.0 Å².